The lowest BCUT2D eigenvalue weighted by Crippen LogP contribution is -2.57. The van der Waals surface area contributed by atoms with E-state index < -0.39 is 53.8 Å². The third-order valence-corrected chi connectivity index (χ3v) is 5.72. The number of aliphatic carboxylic acids is 1. The lowest BCUT2D eigenvalue weighted by molar-refractivity contribution is -0.142. The van der Waals surface area contributed by atoms with Crippen molar-refractivity contribution in [3.05, 3.63) is 35.9 Å². The molecule has 0 aromatic heterocycles. The molecule has 0 aliphatic heterocycles. The Morgan fingerprint density at radius 2 is 1.44 bits per heavy atom. The highest BCUT2D eigenvalue weighted by molar-refractivity contribution is 7.80. The molecule has 0 radical (unpaired) electrons. The van der Waals surface area contributed by atoms with Gasteiger partial charge in [0.25, 0.3) is 0 Å². The molecule has 200 valence electrons. The van der Waals surface area contributed by atoms with Gasteiger partial charge in [-0.2, -0.15) is 12.6 Å². The summed E-state index contributed by atoms with van der Waals surface area (Å²) in [5, 5.41) is 17.0. The molecule has 4 unspecified atom stereocenters. The normalized spacial score (nSPS) is 14.1. The first-order chi connectivity index (χ1) is 17.1. The van der Waals surface area contributed by atoms with Crippen LogP contribution in [0.15, 0.2) is 30.3 Å². The van der Waals surface area contributed by atoms with Gasteiger partial charge in [0, 0.05) is 18.6 Å². The van der Waals surface area contributed by atoms with E-state index in [9.17, 15) is 29.1 Å². The lowest BCUT2D eigenvalue weighted by atomic mass is 10.0. The van der Waals surface area contributed by atoms with Crippen molar-refractivity contribution in [2.75, 3.05) is 12.3 Å². The van der Waals surface area contributed by atoms with Gasteiger partial charge in [-0.1, -0.05) is 30.3 Å². The molecule has 0 spiro atoms. The Hall–Kier alpha value is -3.16. The number of hydrogen-bond donors (Lipinski definition) is 8. The van der Waals surface area contributed by atoms with Crippen molar-refractivity contribution in [2.24, 2.45) is 17.2 Å². The number of carboxylic acids is 1. The third kappa shape index (κ3) is 11.5. The van der Waals surface area contributed by atoms with E-state index in [1.807, 2.05) is 6.07 Å². The fourth-order valence-corrected chi connectivity index (χ4v) is 3.44. The standard InChI is InChI=1S/C23H36N6O6S/c24-11-5-4-8-16(21(32)28-17(23(34)35)9-10-19(26)30)27-22(33)18(29-20(31)15(25)13-36)12-14-6-2-1-3-7-14/h1-3,6-7,15-18,36H,4-5,8-13,24-25H2,(H2,26,30)(H,27,33)(H,28,32)(H,29,31)(H,34,35). The van der Waals surface area contributed by atoms with Gasteiger partial charge >= 0.3 is 5.97 Å². The zero-order valence-electron chi connectivity index (χ0n) is 20.0. The van der Waals surface area contributed by atoms with Crippen LogP contribution in [0.2, 0.25) is 0 Å². The first kappa shape index (κ1) is 30.9. The van der Waals surface area contributed by atoms with Crippen LogP contribution in [0.4, 0.5) is 0 Å². The van der Waals surface area contributed by atoms with Crippen molar-refractivity contribution in [1.29, 1.82) is 0 Å². The summed E-state index contributed by atoms with van der Waals surface area (Å²) in [5.74, 6) is -3.95. The highest BCUT2D eigenvalue weighted by Gasteiger charge is 2.30. The molecule has 10 N–H and O–H groups in total. The number of thiol groups is 1. The van der Waals surface area contributed by atoms with Crippen molar-refractivity contribution in [3.8, 4) is 0 Å². The van der Waals surface area contributed by atoms with E-state index in [-0.39, 0.29) is 31.4 Å². The van der Waals surface area contributed by atoms with Crippen molar-refractivity contribution in [1.82, 2.24) is 16.0 Å². The summed E-state index contributed by atoms with van der Waals surface area (Å²) in [5.41, 5.74) is 17.1. The van der Waals surface area contributed by atoms with Crippen molar-refractivity contribution < 1.29 is 29.1 Å². The van der Waals surface area contributed by atoms with E-state index in [0.717, 1.165) is 5.56 Å². The Bertz CT molecular complexity index is 887. The van der Waals surface area contributed by atoms with Crippen LogP contribution >= 0.6 is 12.6 Å². The number of amides is 4. The fourth-order valence-electron chi connectivity index (χ4n) is 3.27. The van der Waals surface area contributed by atoms with Gasteiger partial charge in [0.15, 0.2) is 0 Å². The molecule has 1 aromatic rings. The second-order valence-corrected chi connectivity index (χ2v) is 8.66. The van der Waals surface area contributed by atoms with Crippen LogP contribution < -0.4 is 33.2 Å². The van der Waals surface area contributed by atoms with E-state index in [2.05, 4.69) is 28.6 Å². The first-order valence-electron chi connectivity index (χ1n) is 11.6. The molecule has 0 aliphatic carbocycles. The topological polar surface area (TPSA) is 220 Å². The zero-order valence-corrected chi connectivity index (χ0v) is 20.9. The second kappa shape index (κ2) is 16.5. The monoisotopic (exact) mass is 524 g/mol. The van der Waals surface area contributed by atoms with E-state index in [1.165, 1.54) is 0 Å². The predicted molar refractivity (Wildman–Crippen MR) is 137 cm³/mol. The van der Waals surface area contributed by atoms with E-state index in [4.69, 9.17) is 17.2 Å². The number of carboxylic acid groups (broad SMARTS) is 1. The average Bonchev–Trinajstić information content (AvgIpc) is 2.85. The third-order valence-electron chi connectivity index (χ3n) is 5.32. The van der Waals surface area contributed by atoms with Gasteiger partial charge in [-0.15, -0.1) is 0 Å². The zero-order chi connectivity index (χ0) is 27.1. The minimum atomic E-state index is -1.37. The van der Waals surface area contributed by atoms with Gasteiger partial charge in [0.2, 0.25) is 23.6 Å². The summed E-state index contributed by atoms with van der Waals surface area (Å²) >= 11 is 4.01. The molecule has 1 rings (SSSR count). The number of nitrogens with two attached hydrogens (primary N) is 3. The van der Waals surface area contributed by atoms with E-state index >= 15 is 0 Å². The Kier molecular flexibility index (Phi) is 14.1. The number of benzene rings is 1. The van der Waals surface area contributed by atoms with Crippen LogP contribution in [0.25, 0.3) is 0 Å². The maximum Gasteiger partial charge on any atom is 0.326 e. The van der Waals surface area contributed by atoms with Crippen molar-refractivity contribution >= 4 is 42.2 Å². The fraction of sp³-hybridized carbons (Fsp3) is 0.522. The molecule has 1 aromatic carbocycles. The van der Waals surface area contributed by atoms with Crippen LogP contribution in [-0.4, -0.2) is 71.2 Å². The quantitative estimate of drug-likeness (QED) is 0.0875. The molecular weight excluding hydrogens is 488 g/mol. The molecular formula is C23H36N6O6S. The number of carbonyl (C=O) groups is 5. The summed E-state index contributed by atoms with van der Waals surface area (Å²) in [6.07, 6.45) is 0.926. The highest BCUT2D eigenvalue weighted by atomic mass is 32.1. The van der Waals surface area contributed by atoms with Crippen LogP contribution in [0, 0.1) is 0 Å². The highest BCUT2D eigenvalue weighted by Crippen LogP contribution is 2.08. The molecule has 0 saturated heterocycles. The van der Waals surface area contributed by atoms with E-state index in [0.29, 0.717) is 19.4 Å². The minimum absolute atomic E-state index is 0.0670. The maximum absolute atomic E-state index is 13.2. The summed E-state index contributed by atoms with van der Waals surface area (Å²) in [6, 6.07) is 4.48. The molecule has 36 heavy (non-hydrogen) atoms. The predicted octanol–water partition coefficient (Wildman–Crippen LogP) is -1.58. The Morgan fingerprint density at radius 1 is 0.861 bits per heavy atom. The molecule has 0 heterocycles. The summed E-state index contributed by atoms with van der Waals surface area (Å²) in [6.45, 7) is 0.368. The second-order valence-electron chi connectivity index (χ2n) is 8.29. The average molecular weight is 525 g/mol. The molecule has 0 bridgehead atoms. The minimum Gasteiger partial charge on any atom is -0.480 e. The van der Waals surface area contributed by atoms with Crippen LogP contribution in [0.3, 0.4) is 0 Å². The van der Waals surface area contributed by atoms with Crippen LogP contribution in [0.5, 0.6) is 0 Å². The molecule has 12 nitrogen and oxygen atoms in total. The Morgan fingerprint density at radius 3 is 2.00 bits per heavy atom. The summed E-state index contributed by atoms with van der Waals surface area (Å²) in [7, 11) is 0. The van der Waals surface area contributed by atoms with Crippen LogP contribution in [0.1, 0.15) is 37.7 Å². The van der Waals surface area contributed by atoms with Crippen molar-refractivity contribution in [3.63, 3.8) is 0 Å². The number of rotatable bonds is 17. The van der Waals surface area contributed by atoms with Crippen molar-refractivity contribution in [2.45, 2.75) is 62.7 Å². The Labute approximate surface area is 215 Å². The lowest BCUT2D eigenvalue weighted by Gasteiger charge is -2.25. The largest absolute Gasteiger partial charge is 0.480 e. The smallest absolute Gasteiger partial charge is 0.326 e. The molecule has 0 aliphatic rings. The number of primary amides is 1. The Balaban J connectivity index is 3.06. The van der Waals surface area contributed by atoms with Gasteiger partial charge in [0.05, 0.1) is 6.04 Å². The van der Waals surface area contributed by atoms with Gasteiger partial charge in [0.1, 0.15) is 18.1 Å². The van der Waals surface area contributed by atoms with Gasteiger partial charge in [-0.3, -0.25) is 19.2 Å². The molecule has 13 heteroatoms. The molecule has 0 fully saturated rings. The number of nitrogens with one attached hydrogen (secondary N) is 3. The summed E-state index contributed by atoms with van der Waals surface area (Å²) in [4.78, 5) is 61.1. The van der Waals surface area contributed by atoms with E-state index in [1.54, 1.807) is 24.3 Å². The SMILES string of the molecule is NCCCCC(NC(=O)C(Cc1ccccc1)NC(=O)C(N)CS)C(=O)NC(CCC(N)=O)C(=O)O. The molecule has 4 atom stereocenters. The maximum atomic E-state index is 13.2. The molecule has 0 saturated carbocycles. The first-order valence-corrected chi connectivity index (χ1v) is 12.2. The number of hydrogen-bond acceptors (Lipinski definition) is 8. The van der Waals surface area contributed by atoms with Gasteiger partial charge < -0.3 is 38.3 Å². The number of carbonyl (C=O) groups excluding carboxylic acids is 4. The molecule has 4 amide bonds. The van der Waals surface area contributed by atoms with Crippen LogP contribution in [-0.2, 0) is 30.4 Å². The summed E-state index contributed by atoms with van der Waals surface area (Å²) < 4.78 is 0. The number of unbranched alkanes of at least 4 members (excludes halogenated alkanes) is 1. The van der Waals surface area contributed by atoms with Gasteiger partial charge in [-0.25, -0.2) is 4.79 Å². The van der Waals surface area contributed by atoms with Gasteiger partial charge in [-0.05, 0) is 37.8 Å².